The molecule has 70 valence electrons. The highest BCUT2D eigenvalue weighted by Gasteiger charge is 1.98. The predicted octanol–water partition coefficient (Wildman–Crippen LogP) is 2.59. The van der Waals surface area contributed by atoms with Crippen molar-refractivity contribution >= 4 is 6.21 Å². The van der Waals surface area contributed by atoms with Gasteiger partial charge in [-0.15, -0.1) is 0 Å². The number of nitrogens with zero attached hydrogens (tertiary/aromatic N) is 1. The van der Waals surface area contributed by atoms with E-state index in [9.17, 15) is 0 Å². The minimum Gasteiger partial charge on any atom is -0.399 e. The lowest BCUT2D eigenvalue weighted by Crippen LogP contribution is -1.91. The van der Waals surface area contributed by atoms with E-state index in [2.05, 4.69) is 42.9 Å². The average Bonchev–Trinajstić information content (AvgIpc) is 2.09. The quantitative estimate of drug-likeness (QED) is 0.502. The molecular weight excluding hydrogens is 162 g/mol. The van der Waals surface area contributed by atoms with Gasteiger partial charge < -0.3 is 4.84 Å². The van der Waals surface area contributed by atoms with Crippen LogP contribution >= 0.6 is 0 Å². The van der Waals surface area contributed by atoms with Crippen LogP contribution in [0.4, 0.5) is 0 Å². The zero-order valence-electron chi connectivity index (χ0n) is 8.59. The largest absolute Gasteiger partial charge is 0.399 e. The molecule has 0 aliphatic rings. The van der Waals surface area contributed by atoms with Gasteiger partial charge in [0.05, 0.1) is 6.21 Å². The van der Waals surface area contributed by atoms with Crippen LogP contribution in [0.2, 0.25) is 0 Å². The van der Waals surface area contributed by atoms with Crippen LogP contribution in [0.25, 0.3) is 0 Å². The van der Waals surface area contributed by atoms with Crippen LogP contribution < -0.4 is 0 Å². The topological polar surface area (TPSA) is 21.6 Å². The smallest absolute Gasteiger partial charge is 0.106 e. The maximum atomic E-state index is 4.64. The van der Waals surface area contributed by atoms with Crippen LogP contribution in [0.5, 0.6) is 0 Å². The van der Waals surface area contributed by atoms with E-state index in [1.54, 1.807) is 13.3 Å². The van der Waals surface area contributed by atoms with Crippen LogP contribution in [0.3, 0.4) is 0 Å². The van der Waals surface area contributed by atoms with Crippen LogP contribution in [0, 0.1) is 20.8 Å². The first-order valence-corrected chi connectivity index (χ1v) is 4.29. The fourth-order valence-corrected chi connectivity index (χ4v) is 1.23. The molecule has 1 aromatic rings. The minimum atomic E-state index is 1.12. The van der Waals surface area contributed by atoms with Gasteiger partial charge in [-0.25, -0.2) is 0 Å². The van der Waals surface area contributed by atoms with Gasteiger partial charge >= 0.3 is 0 Å². The van der Waals surface area contributed by atoms with Crippen LogP contribution in [-0.2, 0) is 4.84 Å². The number of aryl methyl sites for hydroxylation is 3. The summed E-state index contributed by atoms with van der Waals surface area (Å²) in [6.45, 7) is 6.28. The van der Waals surface area contributed by atoms with Crippen LogP contribution in [-0.4, -0.2) is 13.3 Å². The van der Waals surface area contributed by atoms with Gasteiger partial charge in [-0.05, 0) is 49.1 Å². The standard InChI is InChI=1S/C11H15NO/c1-8-5-10(3)11(6-9(8)2)7-12-13-4/h5-7H,1-4H3. The molecule has 0 heterocycles. The molecule has 0 unspecified atom stereocenters. The van der Waals surface area contributed by atoms with Gasteiger partial charge in [0.25, 0.3) is 0 Å². The van der Waals surface area contributed by atoms with Gasteiger partial charge in [0.2, 0.25) is 0 Å². The van der Waals surface area contributed by atoms with Crippen molar-refractivity contribution in [3.05, 3.63) is 34.4 Å². The second-order valence-corrected chi connectivity index (χ2v) is 3.21. The van der Waals surface area contributed by atoms with Crippen LogP contribution in [0.1, 0.15) is 22.3 Å². The van der Waals surface area contributed by atoms with Gasteiger partial charge in [0, 0.05) is 0 Å². The zero-order valence-corrected chi connectivity index (χ0v) is 8.59. The highest BCUT2D eigenvalue weighted by atomic mass is 16.6. The SMILES string of the molecule is CON=Cc1cc(C)c(C)cc1C. The van der Waals surface area contributed by atoms with Crippen molar-refractivity contribution in [2.45, 2.75) is 20.8 Å². The summed E-state index contributed by atoms with van der Waals surface area (Å²) >= 11 is 0. The Balaban J connectivity index is 3.08. The van der Waals surface area contributed by atoms with E-state index in [0.717, 1.165) is 5.56 Å². The number of oxime groups is 1. The normalized spacial score (nSPS) is 10.8. The number of benzene rings is 1. The lowest BCUT2D eigenvalue weighted by atomic mass is 10.0. The van der Waals surface area contributed by atoms with E-state index in [0.29, 0.717) is 0 Å². The summed E-state index contributed by atoms with van der Waals surface area (Å²) in [5.41, 5.74) is 4.93. The molecule has 0 atom stereocenters. The maximum Gasteiger partial charge on any atom is 0.106 e. The summed E-state index contributed by atoms with van der Waals surface area (Å²) in [6.07, 6.45) is 1.74. The third-order valence-corrected chi connectivity index (χ3v) is 2.18. The van der Waals surface area contributed by atoms with E-state index < -0.39 is 0 Å². The molecule has 0 fully saturated rings. The van der Waals surface area contributed by atoms with Gasteiger partial charge in [0.15, 0.2) is 0 Å². The molecule has 0 saturated carbocycles. The molecule has 2 heteroatoms. The third-order valence-electron chi connectivity index (χ3n) is 2.18. The number of rotatable bonds is 2. The molecule has 13 heavy (non-hydrogen) atoms. The molecule has 1 aromatic carbocycles. The molecule has 0 aliphatic carbocycles. The predicted molar refractivity (Wildman–Crippen MR) is 55.3 cm³/mol. The van der Waals surface area contributed by atoms with E-state index >= 15 is 0 Å². The van der Waals surface area contributed by atoms with Gasteiger partial charge in [-0.3, -0.25) is 0 Å². The number of hydrogen-bond donors (Lipinski definition) is 0. The Bertz CT molecular complexity index is 329. The Morgan fingerprint density at radius 2 is 1.69 bits per heavy atom. The van der Waals surface area contributed by atoms with Gasteiger partial charge in [-0.2, -0.15) is 0 Å². The fourth-order valence-electron chi connectivity index (χ4n) is 1.23. The van der Waals surface area contributed by atoms with Crippen molar-refractivity contribution in [2.24, 2.45) is 5.16 Å². The summed E-state index contributed by atoms with van der Waals surface area (Å²) in [7, 11) is 1.55. The molecule has 2 nitrogen and oxygen atoms in total. The molecule has 0 spiro atoms. The first-order chi connectivity index (χ1) is 6.15. The monoisotopic (exact) mass is 177 g/mol. The Morgan fingerprint density at radius 1 is 1.08 bits per heavy atom. The molecule has 0 radical (unpaired) electrons. The lowest BCUT2D eigenvalue weighted by molar-refractivity contribution is 0.215. The van der Waals surface area contributed by atoms with Crippen molar-refractivity contribution in [3.63, 3.8) is 0 Å². The molecule has 0 aliphatic heterocycles. The molecule has 0 N–H and O–H groups in total. The second-order valence-electron chi connectivity index (χ2n) is 3.21. The lowest BCUT2D eigenvalue weighted by Gasteiger charge is -2.04. The Labute approximate surface area is 79.2 Å². The first kappa shape index (κ1) is 9.78. The van der Waals surface area contributed by atoms with Crippen molar-refractivity contribution in [3.8, 4) is 0 Å². The van der Waals surface area contributed by atoms with E-state index in [4.69, 9.17) is 0 Å². The Kier molecular flexibility index (Phi) is 3.07. The van der Waals surface area contributed by atoms with Crippen molar-refractivity contribution in [1.82, 2.24) is 0 Å². The van der Waals surface area contributed by atoms with Crippen molar-refractivity contribution in [1.29, 1.82) is 0 Å². The molecule has 0 amide bonds. The number of hydrogen-bond acceptors (Lipinski definition) is 2. The summed E-state index contributed by atoms with van der Waals surface area (Å²) in [4.78, 5) is 4.64. The van der Waals surface area contributed by atoms with E-state index in [-0.39, 0.29) is 0 Å². The highest BCUT2D eigenvalue weighted by molar-refractivity contribution is 5.81. The minimum absolute atomic E-state index is 1.12. The zero-order chi connectivity index (χ0) is 9.84. The Hall–Kier alpha value is -1.31. The van der Waals surface area contributed by atoms with Crippen molar-refractivity contribution in [2.75, 3.05) is 7.11 Å². The average molecular weight is 177 g/mol. The molecule has 0 aromatic heterocycles. The van der Waals surface area contributed by atoms with Crippen LogP contribution in [0.15, 0.2) is 17.3 Å². The van der Waals surface area contributed by atoms with E-state index in [1.165, 1.54) is 16.7 Å². The highest BCUT2D eigenvalue weighted by Crippen LogP contribution is 2.13. The van der Waals surface area contributed by atoms with Crippen molar-refractivity contribution < 1.29 is 4.84 Å². The third kappa shape index (κ3) is 2.31. The summed E-state index contributed by atoms with van der Waals surface area (Å²) < 4.78 is 0. The first-order valence-electron chi connectivity index (χ1n) is 4.29. The summed E-state index contributed by atoms with van der Waals surface area (Å²) in [6, 6.07) is 4.28. The molecule has 0 saturated heterocycles. The molecule has 0 bridgehead atoms. The summed E-state index contributed by atoms with van der Waals surface area (Å²) in [5, 5.41) is 3.75. The van der Waals surface area contributed by atoms with E-state index in [1.807, 2.05) is 0 Å². The summed E-state index contributed by atoms with van der Waals surface area (Å²) in [5.74, 6) is 0. The Morgan fingerprint density at radius 3 is 2.31 bits per heavy atom. The van der Waals surface area contributed by atoms with Gasteiger partial charge in [-0.1, -0.05) is 11.2 Å². The second kappa shape index (κ2) is 4.08. The molecular formula is C11H15NO. The fraction of sp³-hybridized carbons (Fsp3) is 0.364. The van der Waals surface area contributed by atoms with Gasteiger partial charge in [0.1, 0.15) is 7.11 Å². The molecule has 1 rings (SSSR count). The maximum absolute atomic E-state index is 4.64.